The first-order chi connectivity index (χ1) is 6.97. The maximum Gasteiger partial charge on any atom is 0.181 e. The average molecular weight is 207 g/mol. The van der Waals surface area contributed by atoms with Crippen molar-refractivity contribution in [3.8, 4) is 0 Å². The molecule has 0 atom stereocenters. The van der Waals surface area contributed by atoms with E-state index in [1.54, 1.807) is 6.26 Å². The van der Waals surface area contributed by atoms with Crippen LogP contribution in [-0.4, -0.2) is 10.7 Å². The smallest absolute Gasteiger partial charge is 0.181 e. The van der Waals surface area contributed by atoms with Crippen LogP contribution in [0.5, 0.6) is 0 Å². The van der Waals surface area contributed by atoms with Gasteiger partial charge in [0.1, 0.15) is 5.52 Å². The van der Waals surface area contributed by atoms with Crippen molar-refractivity contribution in [3.05, 3.63) is 43.0 Å². The van der Waals surface area contributed by atoms with Crippen molar-refractivity contribution in [1.29, 1.82) is 0 Å². The molecular formula is C10H9NO2S. The molecule has 0 N–H and O–H groups in total. The minimum absolute atomic E-state index is 0.845. The standard InChI is InChI=1S/C7H5NO.C3H4OS/c1-2-4-7-6(3-1)8-5-9-7;1-2-4-5-3-1/h1-5H;1-2H,3H2. The molecule has 1 aromatic carbocycles. The summed E-state index contributed by atoms with van der Waals surface area (Å²) < 4.78 is 9.69. The number of para-hydroxylation sites is 2. The molecule has 3 nitrogen and oxygen atoms in total. The topological polar surface area (TPSA) is 35.3 Å². The van der Waals surface area contributed by atoms with Gasteiger partial charge in [0.2, 0.25) is 0 Å². The summed E-state index contributed by atoms with van der Waals surface area (Å²) >= 11 is 1.46. The molecule has 3 rings (SSSR count). The van der Waals surface area contributed by atoms with Crippen LogP contribution in [0.25, 0.3) is 11.1 Å². The Morgan fingerprint density at radius 2 is 2.21 bits per heavy atom. The van der Waals surface area contributed by atoms with E-state index >= 15 is 0 Å². The van der Waals surface area contributed by atoms with Crippen LogP contribution < -0.4 is 0 Å². The van der Waals surface area contributed by atoms with E-state index in [2.05, 4.69) is 9.17 Å². The second kappa shape index (κ2) is 4.72. The van der Waals surface area contributed by atoms with E-state index in [1.807, 2.05) is 30.3 Å². The number of hydrogen-bond acceptors (Lipinski definition) is 4. The summed E-state index contributed by atoms with van der Waals surface area (Å²) in [7, 11) is 0. The first-order valence-corrected chi connectivity index (χ1v) is 5.09. The van der Waals surface area contributed by atoms with Gasteiger partial charge in [0.05, 0.1) is 24.1 Å². The minimum atomic E-state index is 0.845. The van der Waals surface area contributed by atoms with Crippen LogP contribution in [0.1, 0.15) is 0 Å². The number of nitrogens with zero attached hydrogens (tertiary/aromatic N) is 1. The second-order valence-electron chi connectivity index (χ2n) is 2.57. The van der Waals surface area contributed by atoms with Crippen molar-refractivity contribution in [2.75, 3.05) is 5.75 Å². The molecule has 0 fully saturated rings. The fraction of sp³-hybridized carbons (Fsp3) is 0.100. The highest BCUT2D eigenvalue weighted by Crippen LogP contribution is 2.09. The maximum atomic E-state index is 5.01. The average Bonchev–Trinajstić information content (AvgIpc) is 2.92. The molecule has 1 aromatic heterocycles. The number of benzene rings is 1. The second-order valence-corrected chi connectivity index (χ2v) is 3.33. The van der Waals surface area contributed by atoms with Crippen LogP contribution in [0.15, 0.2) is 47.4 Å². The van der Waals surface area contributed by atoms with E-state index < -0.39 is 0 Å². The quantitative estimate of drug-likeness (QED) is 0.622. The third-order valence-electron chi connectivity index (χ3n) is 1.62. The van der Waals surface area contributed by atoms with Crippen molar-refractivity contribution in [3.63, 3.8) is 0 Å². The van der Waals surface area contributed by atoms with E-state index in [1.165, 1.54) is 18.4 Å². The lowest BCUT2D eigenvalue weighted by Gasteiger charge is -1.79. The Bertz CT molecular complexity index is 388. The third-order valence-corrected chi connectivity index (χ3v) is 2.20. The zero-order valence-electron chi connectivity index (χ0n) is 7.42. The molecule has 2 aromatic rings. The predicted molar refractivity (Wildman–Crippen MR) is 56.7 cm³/mol. The molecule has 0 amide bonds. The molecule has 1 aliphatic heterocycles. The molecule has 0 bridgehead atoms. The van der Waals surface area contributed by atoms with Gasteiger partial charge in [0.15, 0.2) is 12.0 Å². The van der Waals surface area contributed by atoms with E-state index in [0.717, 1.165) is 16.9 Å². The number of aromatic nitrogens is 1. The third kappa shape index (κ3) is 2.29. The largest absolute Gasteiger partial charge is 0.443 e. The van der Waals surface area contributed by atoms with Crippen LogP contribution in [0, 0.1) is 0 Å². The van der Waals surface area contributed by atoms with Crippen LogP contribution >= 0.6 is 12.0 Å². The van der Waals surface area contributed by atoms with Gasteiger partial charge in [-0.3, -0.25) is 0 Å². The highest BCUT2D eigenvalue weighted by Gasteiger charge is 1.91. The highest BCUT2D eigenvalue weighted by molar-refractivity contribution is 7.95. The summed E-state index contributed by atoms with van der Waals surface area (Å²) in [5.41, 5.74) is 1.76. The molecule has 0 saturated heterocycles. The highest BCUT2D eigenvalue weighted by atomic mass is 32.2. The number of rotatable bonds is 0. The monoisotopic (exact) mass is 207 g/mol. The summed E-state index contributed by atoms with van der Waals surface area (Å²) in [5, 5.41) is 0. The van der Waals surface area contributed by atoms with Gasteiger partial charge in [-0.1, -0.05) is 12.1 Å². The van der Waals surface area contributed by atoms with E-state index in [0.29, 0.717) is 0 Å². The molecule has 2 heterocycles. The SMILES string of the molecule is C1=COSC1.c1ccc2ocnc2c1. The molecule has 0 saturated carbocycles. The normalized spacial score (nSPS) is 13.4. The van der Waals surface area contributed by atoms with Gasteiger partial charge < -0.3 is 8.60 Å². The zero-order valence-corrected chi connectivity index (χ0v) is 8.24. The van der Waals surface area contributed by atoms with Crippen molar-refractivity contribution in [2.24, 2.45) is 0 Å². The summed E-state index contributed by atoms with van der Waals surface area (Å²) in [6.07, 6.45) is 5.12. The van der Waals surface area contributed by atoms with Crippen molar-refractivity contribution in [1.82, 2.24) is 4.98 Å². The summed E-state index contributed by atoms with van der Waals surface area (Å²) in [4.78, 5) is 3.95. The molecule has 72 valence electrons. The zero-order chi connectivity index (χ0) is 9.64. The van der Waals surface area contributed by atoms with Gasteiger partial charge in [-0.15, -0.1) is 0 Å². The predicted octanol–water partition coefficient (Wildman–Crippen LogP) is 3.01. The fourth-order valence-corrected chi connectivity index (χ4v) is 1.39. The summed E-state index contributed by atoms with van der Waals surface area (Å²) in [6.45, 7) is 0. The Morgan fingerprint density at radius 1 is 1.29 bits per heavy atom. The van der Waals surface area contributed by atoms with Crippen molar-refractivity contribution >= 4 is 23.1 Å². The lowest BCUT2D eigenvalue weighted by Crippen LogP contribution is -1.61. The number of hydrogen-bond donors (Lipinski definition) is 0. The molecule has 1 aliphatic rings. The number of fused-ring (bicyclic) bond motifs is 1. The molecule has 14 heavy (non-hydrogen) atoms. The molecule has 0 aliphatic carbocycles. The maximum absolute atomic E-state index is 5.01. The lowest BCUT2D eigenvalue weighted by atomic mass is 10.3. The summed E-state index contributed by atoms with van der Waals surface area (Å²) in [6, 6.07) is 7.67. The Kier molecular flexibility index (Phi) is 3.08. The van der Waals surface area contributed by atoms with Crippen LogP contribution in [0.3, 0.4) is 0 Å². The Labute approximate surface area is 86.0 Å². The van der Waals surface area contributed by atoms with Crippen molar-refractivity contribution < 1.29 is 8.60 Å². The van der Waals surface area contributed by atoms with Gasteiger partial charge in [-0.05, 0) is 18.2 Å². The molecule has 4 heteroatoms. The van der Waals surface area contributed by atoms with Gasteiger partial charge in [0.25, 0.3) is 0 Å². The molecule has 0 unspecified atom stereocenters. The first-order valence-electron chi connectivity index (χ1n) is 4.18. The van der Waals surface area contributed by atoms with Gasteiger partial charge in [-0.2, -0.15) is 0 Å². The van der Waals surface area contributed by atoms with Crippen LogP contribution in [0.2, 0.25) is 0 Å². The Balaban J connectivity index is 0.000000128. The Hall–Kier alpha value is -1.42. The van der Waals surface area contributed by atoms with Crippen LogP contribution in [-0.2, 0) is 4.18 Å². The van der Waals surface area contributed by atoms with Crippen LogP contribution in [0.4, 0.5) is 0 Å². The van der Waals surface area contributed by atoms with Crippen molar-refractivity contribution in [2.45, 2.75) is 0 Å². The fourth-order valence-electron chi connectivity index (χ4n) is 1.000. The summed E-state index contributed by atoms with van der Waals surface area (Å²) in [5.74, 6) is 1.01. The minimum Gasteiger partial charge on any atom is -0.443 e. The van der Waals surface area contributed by atoms with E-state index in [-0.39, 0.29) is 0 Å². The van der Waals surface area contributed by atoms with Gasteiger partial charge in [-0.25, -0.2) is 4.98 Å². The lowest BCUT2D eigenvalue weighted by molar-refractivity contribution is 0.579. The van der Waals surface area contributed by atoms with E-state index in [4.69, 9.17) is 4.42 Å². The first kappa shape index (κ1) is 9.15. The Morgan fingerprint density at radius 3 is 2.86 bits per heavy atom. The van der Waals surface area contributed by atoms with E-state index in [9.17, 15) is 0 Å². The van der Waals surface area contributed by atoms with Gasteiger partial charge >= 0.3 is 0 Å². The molecular weight excluding hydrogens is 198 g/mol. The van der Waals surface area contributed by atoms with Gasteiger partial charge in [0, 0.05) is 0 Å². The molecule has 0 radical (unpaired) electrons. The number of oxazole rings is 1. The molecule has 0 spiro atoms.